The Labute approximate surface area is 81.9 Å². The molecule has 14 heavy (non-hydrogen) atoms. The molecule has 1 rings (SSSR count). The van der Waals surface area contributed by atoms with E-state index < -0.39 is 5.97 Å². The summed E-state index contributed by atoms with van der Waals surface area (Å²) in [6.07, 6.45) is 3.82. The van der Waals surface area contributed by atoms with Gasteiger partial charge in [0.2, 0.25) is 0 Å². The SMILES string of the molecule is CCOC(=O)C(=CO)c1ccncc1. The van der Waals surface area contributed by atoms with Gasteiger partial charge in [-0.1, -0.05) is 0 Å². The van der Waals surface area contributed by atoms with Crippen molar-refractivity contribution in [1.29, 1.82) is 0 Å². The van der Waals surface area contributed by atoms with Crippen molar-refractivity contribution >= 4 is 11.5 Å². The molecule has 0 atom stereocenters. The third-order valence-electron chi connectivity index (χ3n) is 1.62. The van der Waals surface area contributed by atoms with Crippen LogP contribution in [-0.4, -0.2) is 22.7 Å². The number of hydrogen-bond acceptors (Lipinski definition) is 4. The quantitative estimate of drug-likeness (QED) is 0.449. The van der Waals surface area contributed by atoms with Crippen LogP contribution >= 0.6 is 0 Å². The Morgan fingerprint density at radius 2 is 2.21 bits per heavy atom. The first-order chi connectivity index (χ1) is 6.79. The lowest BCUT2D eigenvalue weighted by molar-refractivity contribution is -0.136. The molecule has 0 aliphatic heterocycles. The van der Waals surface area contributed by atoms with Gasteiger partial charge in [0, 0.05) is 12.4 Å². The molecule has 1 N–H and O–H groups in total. The molecule has 0 bridgehead atoms. The van der Waals surface area contributed by atoms with E-state index in [2.05, 4.69) is 4.98 Å². The van der Waals surface area contributed by atoms with Gasteiger partial charge in [-0.3, -0.25) is 4.98 Å². The predicted octanol–water partition coefficient (Wildman–Crippen LogP) is 1.54. The minimum Gasteiger partial charge on any atom is -0.515 e. The summed E-state index contributed by atoms with van der Waals surface area (Å²) >= 11 is 0. The third-order valence-corrected chi connectivity index (χ3v) is 1.62. The van der Waals surface area contributed by atoms with Crippen LogP contribution in [0.3, 0.4) is 0 Å². The highest BCUT2D eigenvalue weighted by atomic mass is 16.5. The fourth-order valence-electron chi connectivity index (χ4n) is 0.985. The van der Waals surface area contributed by atoms with Crippen molar-refractivity contribution in [3.05, 3.63) is 36.4 Å². The first-order valence-electron chi connectivity index (χ1n) is 4.21. The van der Waals surface area contributed by atoms with E-state index in [9.17, 15) is 4.79 Å². The second kappa shape index (κ2) is 5.01. The fraction of sp³-hybridized carbons (Fsp3) is 0.200. The molecule has 4 heteroatoms. The van der Waals surface area contributed by atoms with Crippen LogP contribution in [-0.2, 0) is 9.53 Å². The van der Waals surface area contributed by atoms with Crippen molar-refractivity contribution in [2.75, 3.05) is 6.61 Å². The van der Waals surface area contributed by atoms with Gasteiger partial charge < -0.3 is 9.84 Å². The highest BCUT2D eigenvalue weighted by Gasteiger charge is 2.12. The number of hydrogen-bond donors (Lipinski definition) is 1. The van der Waals surface area contributed by atoms with Crippen LogP contribution in [0.1, 0.15) is 12.5 Å². The Morgan fingerprint density at radius 1 is 1.57 bits per heavy atom. The molecule has 0 saturated carbocycles. The summed E-state index contributed by atoms with van der Waals surface area (Å²) in [6.45, 7) is 1.99. The molecule has 1 aromatic heterocycles. The molecule has 4 nitrogen and oxygen atoms in total. The number of ether oxygens (including phenoxy) is 1. The molecular weight excluding hydrogens is 182 g/mol. The van der Waals surface area contributed by atoms with Gasteiger partial charge in [0.15, 0.2) is 0 Å². The van der Waals surface area contributed by atoms with Crippen LogP contribution in [0.15, 0.2) is 30.8 Å². The van der Waals surface area contributed by atoms with Gasteiger partial charge in [0.25, 0.3) is 0 Å². The third kappa shape index (κ3) is 2.32. The van der Waals surface area contributed by atoms with Crippen molar-refractivity contribution in [3.8, 4) is 0 Å². The summed E-state index contributed by atoms with van der Waals surface area (Å²) < 4.78 is 4.76. The van der Waals surface area contributed by atoms with E-state index in [1.807, 2.05) is 0 Å². The average Bonchev–Trinajstić information content (AvgIpc) is 2.21. The van der Waals surface area contributed by atoms with Gasteiger partial charge in [0.1, 0.15) is 5.57 Å². The average molecular weight is 193 g/mol. The van der Waals surface area contributed by atoms with Crippen molar-refractivity contribution < 1.29 is 14.6 Å². The Kier molecular flexibility index (Phi) is 3.67. The Morgan fingerprint density at radius 3 is 2.71 bits per heavy atom. The Bertz CT molecular complexity index is 332. The summed E-state index contributed by atoms with van der Waals surface area (Å²) in [6, 6.07) is 3.25. The van der Waals surface area contributed by atoms with E-state index >= 15 is 0 Å². The molecule has 0 amide bonds. The lowest BCUT2D eigenvalue weighted by Crippen LogP contribution is -2.06. The van der Waals surface area contributed by atoms with Crippen LogP contribution in [0.5, 0.6) is 0 Å². The largest absolute Gasteiger partial charge is 0.515 e. The van der Waals surface area contributed by atoms with Crippen LogP contribution in [0.4, 0.5) is 0 Å². The number of aliphatic hydroxyl groups excluding tert-OH is 1. The number of carbonyl (C=O) groups is 1. The molecule has 1 heterocycles. The maximum absolute atomic E-state index is 11.3. The summed E-state index contributed by atoms with van der Waals surface area (Å²) in [5.41, 5.74) is 0.718. The zero-order valence-corrected chi connectivity index (χ0v) is 7.80. The Balaban J connectivity index is 2.89. The molecule has 0 aromatic carbocycles. The van der Waals surface area contributed by atoms with E-state index in [0.29, 0.717) is 5.56 Å². The molecule has 0 aliphatic carbocycles. The molecular formula is C10H11NO3. The lowest BCUT2D eigenvalue weighted by atomic mass is 10.1. The summed E-state index contributed by atoms with van der Waals surface area (Å²) in [7, 11) is 0. The normalized spacial score (nSPS) is 11.1. The van der Waals surface area contributed by atoms with Crippen molar-refractivity contribution in [2.45, 2.75) is 6.92 Å². The number of esters is 1. The van der Waals surface area contributed by atoms with Crippen molar-refractivity contribution in [1.82, 2.24) is 4.98 Å². The predicted molar refractivity (Wildman–Crippen MR) is 51.5 cm³/mol. The molecule has 0 aliphatic rings. The van der Waals surface area contributed by atoms with Crippen LogP contribution in [0.2, 0.25) is 0 Å². The zero-order valence-electron chi connectivity index (χ0n) is 7.80. The van der Waals surface area contributed by atoms with Gasteiger partial charge in [-0.25, -0.2) is 4.79 Å². The molecule has 74 valence electrons. The monoisotopic (exact) mass is 193 g/mol. The molecule has 0 radical (unpaired) electrons. The van der Waals surface area contributed by atoms with Crippen LogP contribution in [0, 0.1) is 0 Å². The molecule has 0 spiro atoms. The maximum atomic E-state index is 11.3. The van der Waals surface area contributed by atoms with Gasteiger partial charge in [-0.05, 0) is 24.6 Å². The number of nitrogens with zero attached hydrogens (tertiary/aromatic N) is 1. The Hall–Kier alpha value is -1.84. The zero-order chi connectivity index (χ0) is 10.4. The van der Waals surface area contributed by atoms with Gasteiger partial charge in [0.05, 0.1) is 12.9 Å². The molecule has 0 fully saturated rings. The topological polar surface area (TPSA) is 59.4 Å². The first-order valence-corrected chi connectivity index (χ1v) is 4.21. The van der Waals surface area contributed by atoms with E-state index in [1.54, 1.807) is 19.1 Å². The minimum absolute atomic E-state index is 0.134. The van der Waals surface area contributed by atoms with Gasteiger partial charge >= 0.3 is 5.97 Å². The highest BCUT2D eigenvalue weighted by molar-refractivity contribution is 6.16. The number of aliphatic hydroxyl groups is 1. The summed E-state index contributed by atoms with van der Waals surface area (Å²) in [5, 5.41) is 8.89. The minimum atomic E-state index is -0.541. The second-order valence-electron chi connectivity index (χ2n) is 2.50. The second-order valence-corrected chi connectivity index (χ2v) is 2.50. The maximum Gasteiger partial charge on any atom is 0.341 e. The first kappa shape index (κ1) is 10.2. The van der Waals surface area contributed by atoms with Crippen molar-refractivity contribution in [3.63, 3.8) is 0 Å². The molecule has 0 unspecified atom stereocenters. The number of aromatic nitrogens is 1. The lowest BCUT2D eigenvalue weighted by Gasteiger charge is -2.04. The molecule has 0 saturated heterocycles. The van der Waals surface area contributed by atoms with Gasteiger partial charge in [-0.15, -0.1) is 0 Å². The summed E-state index contributed by atoms with van der Waals surface area (Å²) in [5.74, 6) is -0.541. The van der Waals surface area contributed by atoms with E-state index in [0.717, 1.165) is 6.26 Å². The number of rotatable bonds is 3. The standard InChI is InChI=1S/C10H11NO3/c1-2-14-10(13)9(7-12)8-3-5-11-6-4-8/h3-7,12H,2H2,1H3. The van der Waals surface area contributed by atoms with E-state index in [4.69, 9.17) is 9.84 Å². The van der Waals surface area contributed by atoms with Crippen LogP contribution < -0.4 is 0 Å². The highest BCUT2D eigenvalue weighted by Crippen LogP contribution is 2.13. The van der Waals surface area contributed by atoms with Gasteiger partial charge in [-0.2, -0.15) is 0 Å². The van der Waals surface area contributed by atoms with E-state index in [-0.39, 0.29) is 12.2 Å². The van der Waals surface area contributed by atoms with E-state index in [1.165, 1.54) is 12.4 Å². The summed E-state index contributed by atoms with van der Waals surface area (Å²) in [4.78, 5) is 15.1. The molecule has 1 aromatic rings. The number of carbonyl (C=O) groups excluding carboxylic acids is 1. The smallest absolute Gasteiger partial charge is 0.341 e. The fourth-order valence-corrected chi connectivity index (χ4v) is 0.985. The van der Waals surface area contributed by atoms with Crippen molar-refractivity contribution in [2.24, 2.45) is 0 Å². The number of pyridine rings is 1. The van der Waals surface area contributed by atoms with Crippen LogP contribution in [0.25, 0.3) is 5.57 Å².